The topological polar surface area (TPSA) is 43.8 Å². The van der Waals surface area contributed by atoms with Gasteiger partial charge in [-0.25, -0.2) is 4.39 Å². The summed E-state index contributed by atoms with van der Waals surface area (Å²) in [5, 5.41) is 4.22. The van der Waals surface area contributed by atoms with Gasteiger partial charge in [0.2, 0.25) is 0 Å². The van der Waals surface area contributed by atoms with E-state index in [9.17, 15) is 4.39 Å². The number of nitrogens with zero attached hydrogens (tertiary/aromatic N) is 2. The fourth-order valence-corrected chi connectivity index (χ4v) is 2.26. The van der Waals surface area contributed by atoms with Crippen molar-refractivity contribution in [3.63, 3.8) is 0 Å². The summed E-state index contributed by atoms with van der Waals surface area (Å²) in [6, 6.07) is 6.17. The highest BCUT2D eigenvalue weighted by Gasteiger charge is 2.22. The Balaban J connectivity index is 2.47. The van der Waals surface area contributed by atoms with Crippen LogP contribution in [0.3, 0.4) is 0 Å². The molecule has 1 aromatic carbocycles. The maximum atomic E-state index is 13.8. The van der Waals surface area contributed by atoms with Crippen molar-refractivity contribution in [1.82, 2.24) is 9.78 Å². The summed E-state index contributed by atoms with van der Waals surface area (Å²) in [4.78, 5) is 0. The Kier molecular flexibility index (Phi) is 3.78. The third kappa shape index (κ3) is 2.66. The van der Waals surface area contributed by atoms with Gasteiger partial charge in [-0.15, -0.1) is 0 Å². The summed E-state index contributed by atoms with van der Waals surface area (Å²) in [5.74, 6) is -0.250. The van der Waals surface area contributed by atoms with Gasteiger partial charge in [-0.05, 0) is 35.6 Å². The van der Waals surface area contributed by atoms with E-state index in [2.05, 4.69) is 27.7 Å². The molecule has 3 nitrogen and oxygen atoms in total. The zero-order chi connectivity index (χ0) is 12.4. The Morgan fingerprint density at radius 3 is 2.65 bits per heavy atom. The molecule has 1 heterocycles. The minimum atomic E-state index is -0.278. The minimum Gasteiger partial charge on any atom is -0.326 e. The smallest absolute Gasteiger partial charge is 0.128 e. The normalized spacial score (nSPS) is 14.6. The van der Waals surface area contributed by atoms with E-state index >= 15 is 0 Å². The molecule has 2 N–H and O–H groups in total. The van der Waals surface area contributed by atoms with Crippen LogP contribution in [0.2, 0.25) is 0 Å². The van der Waals surface area contributed by atoms with Crippen LogP contribution >= 0.6 is 22.6 Å². The van der Waals surface area contributed by atoms with Crippen LogP contribution in [0.25, 0.3) is 0 Å². The van der Waals surface area contributed by atoms with Gasteiger partial charge in [-0.3, -0.25) is 4.68 Å². The van der Waals surface area contributed by atoms with Crippen molar-refractivity contribution in [1.29, 1.82) is 0 Å². The van der Waals surface area contributed by atoms with Gasteiger partial charge in [-0.1, -0.05) is 18.2 Å². The largest absolute Gasteiger partial charge is 0.326 e. The molecular formula is C12H13FIN3. The van der Waals surface area contributed by atoms with Crippen LogP contribution in [-0.2, 0) is 0 Å². The Hall–Kier alpha value is -0.950. The molecule has 0 fully saturated rings. The van der Waals surface area contributed by atoms with Gasteiger partial charge in [0.15, 0.2) is 0 Å². The molecule has 0 aliphatic rings. The second-order valence-corrected chi connectivity index (χ2v) is 5.21. The molecule has 0 aliphatic heterocycles. The molecular weight excluding hydrogens is 332 g/mol. The maximum Gasteiger partial charge on any atom is 0.128 e. The summed E-state index contributed by atoms with van der Waals surface area (Å²) in [6.45, 7) is 1.85. The average molecular weight is 345 g/mol. The van der Waals surface area contributed by atoms with Crippen LogP contribution in [0.4, 0.5) is 4.39 Å². The molecule has 0 amide bonds. The Labute approximate surface area is 113 Å². The molecule has 0 radical (unpaired) electrons. The van der Waals surface area contributed by atoms with Gasteiger partial charge in [0, 0.05) is 17.8 Å². The number of aromatic nitrogens is 2. The van der Waals surface area contributed by atoms with Crippen molar-refractivity contribution in [2.24, 2.45) is 5.73 Å². The molecule has 5 heteroatoms. The third-order valence-electron chi connectivity index (χ3n) is 2.58. The van der Waals surface area contributed by atoms with E-state index < -0.39 is 0 Å². The fraction of sp³-hybridized carbons (Fsp3) is 0.250. The van der Waals surface area contributed by atoms with Gasteiger partial charge < -0.3 is 5.73 Å². The number of rotatable bonds is 3. The Bertz CT molecular complexity index is 510. The monoisotopic (exact) mass is 345 g/mol. The molecule has 0 bridgehead atoms. The van der Waals surface area contributed by atoms with E-state index in [0.29, 0.717) is 5.56 Å². The van der Waals surface area contributed by atoms with Crippen LogP contribution in [0.5, 0.6) is 0 Å². The molecule has 2 aromatic rings. The van der Waals surface area contributed by atoms with E-state index in [1.807, 2.05) is 19.2 Å². The van der Waals surface area contributed by atoms with Crippen molar-refractivity contribution < 1.29 is 4.39 Å². The van der Waals surface area contributed by atoms with Gasteiger partial charge in [0.1, 0.15) is 5.82 Å². The molecule has 0 saturated carbocycles. The molecule has 2 atom stereocenters. The maximum absolute atomic E-state index is 13.8. The molecule has 1 aromatic heterocycles. The molecule has 90 valence electrons. The predicted octanol–water partition coefficient (Wildman–Crippen LogP) is 2.56. The molecule has 0 spiro atoms. The lowest BCUT2D eigenvalue weighted by Gasteiger charge is -2.22. The number of nitrogens with two attached hydrogens (primary N) is 1. The summed E-state index contributed by atoms with van der Waals surface area (Å²) < 4.78 is 16.5. The zero-order valence-corrected chi connectivity index (χ0v) is 11.5. The zero-order valence-electron chi connectivity index (χ0n) is 9.35. The van der Waals surface area contributed by atoms with Crippen LogP contribution in [-0.4, -0.2) is 15.8 Å². The molecule has 17 heavy (non-hydrogen) atoms. The minimum absolute atomic E-state index is 0.220. The van der Waals surface area contributed by atoms with Gasteiger partial charge >= 0.3 is 0 Å². The van der Waals surface area contributed by atoms with Crippen molar-refractivity contribution >= 4 is 22.6 Å². The van der Waals surface area contributed by atoms with Crippen LogP contribution in [0.1, 0.15) is 18.5 Å². The fourth-order valence-electron chi connectivity index (χ4n) is 1.85. The van der Waals surface area contributed by atoms with Gasteiger partial charge in [0.05, 0.1) is 15.8 Å². The standard InChI is InChI=1S/C12H13FIN3/c1-8(15)12(17-7-9(14)6-16-17)10-4-2-3-5-11(10)13/h2-8,12H,15H2,1H3. The summed E-state index contributed by atoms with van der Waals surface area (Å²) >= 11 is 2.17. The van der Waals surface area contributed by atoms with Crippen molar-refractivity contribution in [2.75, 3.05) is 0 Å². The highest BCUT2D eigenvalue weighted by atomic mass is 127. The molecule has 0 saturated heterocycles. The highest BCUT2D eigenvalue weighted by molar-refractivity contribution is 14.1. The molecule has 2 unspecified atom stereocenters. The van der Waals surface area contributed by atoms with Gasteiger partial charge in [0.25, 0.3) is 0 Å². The number of benzene rings is 1. The Morgan fingerprint density at radius 1 is 1.41 bits per heavy atom. The second kappa shape index (κ2) is 5.14. The average Bonchev–Trinajstić information content (AvgIpc) is 2.68. The lowest BCUT2D eigenvalue weighted by Crippen LogP contribution is -2.31. The third-order valence-corrected chi connectivity index (χ3v) is 3.13. The first-order chi connectivity index (χ1) is 8.09. The predicted molar refractivity (Wildman–Crippen MR) is 73.1 cm³/mol. The lowest BCUT2D eigenvalue weighted by molar-refractivity contribution is 0.434. The van der Waals surface area contributed by atoms with E-state index in [-0.39, 0.29) is 17.9 Å². The summed E-state index contributed by atoms with van der Waals surface area (Å²) in [5.41, 5.74) is 6.52. The first-order valence-corrected chi connectivity index (χ1v) is 6.37. The molecule has 0 aliphatic carbocycles. The lowest BCUT2D eigenvalue weighted by atomic mass is 10.0. The molecule has 2 rings (SSSR count). The van der Waals surface area contributed by atoms with Crippen LogP contribution < -0.4 is 5.73 Å². The summed E-state index contributed by atoms with van der Waals surface area (Å²) in [6.07, 6.45) is 3.60. The summed E-state index contributed by atoms with van der Waals surface area (Å²) in [7, 11) is 0. The second-order valence-electron chi connectivity index (χ2n) is 3.96. The highest BCUT2D eigenvalue weighted by Crippen LogP contribution is 2.23. The van der Waals surface area contributed by atoms with Crippen LogP contribution in [0.15, 0.2) is 36.7 Å². The van der Waals surface area contributed by atoms with E-state index in [4.69, 9.17) is 5.73 Å². The van der Waals surface area contributed by atoms with Crippen LogP contribution in [0, 0.1) is 9.39 Å². The quantitative estimate of drug-likeness (QED) is 0.869. The van der Waals surface area contributed by atoms with E-state index in [1.54, 1.807) is 23.0 Å². The first-order valence-electron chi connectivity index (χ1n) is 5.29. The number of hydrogen-bond donors (Lipinski definition) is 1. The van der Waals surface area contributed by atoms with E-state index in [0.717, 1.165) is 3.57 Å². The van der Waals surface area contributed by atoms with Gasteiger partial charge in [-0.2, -0.15) is 5.10 Å². The van der Waals surface area contributed by atoms with E-state index in [1.165, 1.54) is 6.07 Å². The van der Waals surface area contributed by atoms with Crippen molar-refractivity contribution in [3.05, 3.63) is 51.6 Å². The number of halogens is 2. The first kappa shape index (κ1) is 12.5. The van der Waals surface area contributed by atoms with Crippen molar-refractivity contribution in [2.45, 2.75) is 19.0 Å². The Morgan fingerprint density at radius 2 is 2.12 bits per heavy atom. The van der Waals surface area contributed by atoms with Crippen molar-refractivity contribution in [3.8, 4) is 0 Å². The SMILES string of the molecule is CC(N)C(c1ccccc1F)n1cc(I)cn1. The number of hydrogen-bond acceptors (Lipinski definition) is 2.